The second-order valence-electron chi connectivity index (χ2n) is 4.74. The zero-order valence-corrected chi connectivity index (χ0v) is 10.2. The van der Waals surface area contributed by atoms with E-state index in [2.05, 4.69) is 17.1 Å². The number of benzene rings is 1. The van der Waals surface area contributed by atoms with E-state index in [1.54, 1.807) is 6.08 Å². The van der Waals surface area contributed by atoms with Crippen LogP contribution in [0.25, 0.3) is 29.1 Å². The first kappa shape index (κ1) is 10.5. The van der Waals surface area contributed by atoms with Crippen molar-refractivity contribution in [3.63, 3.8) is 0 Å². The highest BCUT2D eigenvalue weighted by Crippen LogP contribution is 2.29. The molecule has 92 valence electrons. The van der Waals surface area contributed by atoms with E-state index in [-0.39, 0.29) is 5.78 Å². The normalized spacial score (nSPS) is 16.1. The van der Waals surface area contributed by atoms with Crippen molar-refractivity contribution < 1.29 is 9.53 Å². The zero-order valence-electron chi connectivity index (χ0n) is 10.2. The summed E-state index contributed by atoms with van der Waals surface area (Å²) in [4.78, 5) is 16.0. The van der Waals surface area contributed by atoms with Gasteiger partial charge in [0.2, 0.25) is 0 Å². The van der Waals surface area contributed by atoms with E-state index in [1.165, 1.54) is 0 Å². The number of Topliss-reactive ketones (excluding diaryl/α,β-unsaturated/α-hetero) is 1. The number of ketones is 1. The van der Waals surface area contributed by atoms with Crippen LogP contribution in [0.15, 0.2) is 24.3 Å². The largest absolute Gasteiger partial charge is 0.489 e. The monoisotopic (exact) mass is 249 g/mol. The number of hydrogen-bond acceptors (Lipinski definition) is 3. The van der Waals surface area contributed by atoms with Crippen molar-refractivity contribution in [2.75, 3.05) is 6.61 Å². The lowest BCUT2D eigenvalue weighted by atomic mass is 10.0. The number of pyridine rings is 1. The SMILES string of the molecule is O=C1C=c2nc3ccc4c(c3cc2=CC1)C=CCO4. The van der Waals surface area contributed by atoms with E-state index in [1.807, 2.05) is 24.3 Å². The third-order valence-corrected chi connectivity index (χ3v) is 3.50. The molecule has 0 saturated carbocycles. The first-order chi connectivity index (χ1) is 9.31. The minimum Gasteiger partial charge on any atom is -0.489 e. The molecule has 3 heteroatoms. The van der Waals surface area contributed by atoms with E-state index in [9.17, 15) is 4.79 Å². The predicted molar refractivity (Wildman–Crippen MR) is 74.1 cm³/mol. The summed E-state index contributed by atoms with van der Waals surface area (Å²) in [5, 5.41) is 2.87. The summed E-state index contributed by atoms with van der Waals surface area (Å²) in [6.07, 6.45) is 8.10. The number of carbonyl (C=O) groups excluding carboxylic acids is 1. The minimum absolute atomic E-state index is 0.112. The van der Waals surface area contributed by atoms with Gasteiger partial charge in [0.25, 0.3) is 0 Å². The maximum atomic E-state index is 11.4. The maximum absolute atomic E-state index is 11.4. The highest BCUT2D eigenvalue weighted by atomic mass is 16.5. The smallest absolute Gasteiger partial charge is 0.161 e. The molecule has 1 aliphatic carbocycles. The van der Waals surface area contributed by atoms with Crippen molar-refractivity contribution in [3.05, 3.63) is 40.4 Å². The molecule has 2 aromatic rings. The Bertz CT molecular complexity index is 862. The molecule has 0 saturated heterocycles. The van der Waals surface area contributed by atoms with E-state index in [0.29, 0.717) is 13.0 Å². The molecular formula is C16H11NO2. The second-order valence-corrected chi connectivity index (χ2v) is 4.74. The van der Waals surface area contributed by atoms with E-state index in [0.717, 1.165) is 32.8 Å². The number of ether oxygens (including phenoxy) is 1. The van der Waals surface area contributed by atoms with Crippen LogP contribution in [0.1, 0.15) is 12.0 Å². The molecule has 1 aliphatic heterocycles. The van der Waals surface area contributed by atoms with Crippen molar-refractivity contribution >= 4 is 34.9 Å². The fourth-order valence-corrected chi connectivity index (χ4v) is 2.58. The molecule has 1 aromatic carbocycles. The summed E-state index contributed by atoms with van der Waals surface area (Å²) in [6, 6.07) is 5.98. The van der Waals surface area contributed by atoms with Crippen molar-refractivity contribution in [1.82, 2.24) is 4.98 Å². The molecule has 19 heavy (non-hydrogen) atoms. The lowest BCUT2D eigenvalue weighted by Crippen LogP contribution is -2.32. The first-order valence-corrected chi connectivity index (χ1v) is 6.29. The number of aromatic nitrogens is 1. The number of hydrogen-bond donors (Lipinski definition) is 0. The molecule has 0 fully saturated rings. The molecular weight excluding hydrogens is 238 g/mol. The Labute approximate surface area is 109 Å². The molecule has 2 aliphatic rings. The second kappa shape index (κ2) is 3.79. The van der Waals surface area contributed by atoms with Crippen LogP contribution in [-0.4, -0.2) is 17.4 Å². The van der Waals surface area contributed by atoms with Gasteiger partial charge in [0.15, 0.2) is 5.78 Å². The molecule has 0 N–H and O–H groups in total. The highest BCUT2D eigenvalue weighted by Gasteiger charge is 2.11. The van der Waals surface area contributed by atoms with Crippen molar-refractivity contribution in [2.45, 2.75) is 6.42 Å². The average Bonchev–Trinajstić information content (AvgIpc) is 2.45. The summed E-state index contributed by atoms with van der Waals surface area (Å²) in [6.45, 7) is 0.616. The molecule has 0 atom stereocenters. The molecule has 0 radical (unpaired) electrons. The number of rotatable bonds is 0. The summed E-state index contributed by atoms with van der Waals surface area (Å²) < 4.78 is 5.61. The van der Waals surface area contributed by atoms with Crippen LogP contribution in [0.4, 0.5) is 0 Å². The summed E-state index contributed by atoms with van der Waals surface area (Å²) in [7, 11) is 0. The molecule has 3 nitrogen and oxygen atoms in total. The van der Waals surface area contributed by atoms with Gasteiger partial charge in [0, 0.05) is 23.4 Å². The quantitative estimate of drug-likeness (QED) is 0.703. The van der Waals surface area contributed by atoms with E-state index < -0.39 is 0 Å². The van der Waals surface area contributed by atoms with Crippen LogP contribution in [0.5, 0.6) is 5.75 Å². The molecule has 0 amide bonds. The fourth-order valence-electron chi connectivity index (χ4n) is 2.58. The molecule has 0 bridgehead atoms. The Morgan fingerprint density at radius 3 is 3.16 bits per heavy atom. The Balaban J connectivity index is 2.14. The summed E-state index contributed by atoms with van der Waals surface area (Å²) in [5.41, 5.74) is 1.97. The van der Waals surface area contributed by atoms with Crippen LogP contribution >= 0.6 is 0 Å². The van der Waals surface area contributed by atoms with Gasteiger partial charge in [-0.25, -0.2) is 4.98 Å². The van der Waals surface area contributed by atoms with Gasteiger partial charge < -0.3 is 4.74 Å². The van der Waals surface area contributed by atoms with Gasteiger partial charge in [0.1, 0.15) is 12.4 Å². The van der Waals surface area contributed by atoms with Gasteiger partial charge in [-0.2, -0.15) is 0 Å². The Morgan fingerprint density at radius 2 is 2.21 bits per heavy atom. The van der Waals surface area contributed by atoms with Gasteiger partial charge >= 0.3 is 0 Å². The molecule has 0 spiro atoms. The number of fused-ring (bicyclic) bond motifs is 4. The molecule has 2 heterocycles. The van der Waals surface area contributed by atoms with E-state index in [4.69, 9.17) is 4.74 Å². The zero-order chi connectivity index (χ0) is 12.8. The molecule has 0 unspecified atom stereocenters. The Kier molecular flexibility index (Phi) is 2.09. The Hall–Kier alpha value is -2.42. The highest BCUT2D eigenvalue weighted by molar-refractivity contribution is 6.09. The Morgan fingerprint density at radius 1 is 1.26 bits per heavy atom. The first-order valence-electron chi connectivity index (χ1n) is 6.29. The molecule has 1 aromatic heterocycles. The van der Waals surface area contributed by atoms with Crippen LogP contribution < -0.4 is 15.3 Å². The minimum atomic E-state index is 0.112. The third kappa shape index (κ3) is 1.58. The van der Waals surface area contributed by atoms with Crippen molar-refractivity contribution in [2.24, 2.45) is 0 Å². The standard InChI is InChI=1S/C16H11NO2/c18-11-4-3-10-8-13-12-2-1-7-19-16(12)6-5-14(13)17-15(10)9-11/h1-3,5-6,8-9H,4,7H2. The summed E-state index contributed by atoms with van der Waals surface area (Å²) in [5.74, 6) is 1.01. The van der Waals surface area contributed by atoms with Gasteiger partial charge in [0.05, 0.1) is 10.9 Å². The van der Waals surface area contributed by atoms with Gasteiger partial charge in [-0.3, -0.25) is 4.79 Å². The van der Waals surface area contributed by atoms with Crippen molar-refractivity contribution in [1.29, 1.82) is 0 Å². The average molecular weight is 249 g/mol. The van der Waals surface area contributed by atoms with Crippen LogP contribution in [0.2, 0.25) is 0 Å². The van der Waals surface area contributed by atoms with Crippen LogP contribution in [0, 0.1) is 0 Å². The fraction of sp³-hybridized carbons (Fsp3) is 0.125. The molecule has 4 rings (SSSR count). The van der Waals surface area contributed by atoms with Gasteiger partial charge in [-0.15, -0.1) is 0 Å². The van der Waals surface area contributed by atoms with Crippen molar-refractivity contribution in [3.8, 4) is 5.75 Å². The number of nitrogens with zero attached hydrogens (tertiary/aromatic N) is 1. The van der Waals surface area contributed by atoms with E-state index >= 15 is 0 Å². The third-order valence-electron chi connectivity index (χ3n) is 3.50. The van der Waals surface area contributed by atoms with Crippen LogP contribution in [-0.2, 0) is 4.79 Å². The van der Waals surface area contributed by atoms with Gasteiger partial charge in [-0.05, 0) is 29.5 Å². The number of carbonyl (C=O) groups is 1. The van der Waals surface area contributed by atoms with Gasteiger partial charge in [-0.1, -0.05) is 12.2 Å². The lowest BCUT2D eigenvalue weighted by Gasteiger charge is -2.14. The topological polar surface area (TPSA) is 39.2 Å². The predicted octanol–water partition coefficient (Wildman–Crippen LogP) is 1.17. The lowest BCUT2D eigenvalue weighted by molar-refractivity contribution is -0.112. The summed E-state index contributed by atoms with van der Waals surface area (Å²) >= 11 is 0. The maximum Gasteiger partial charge on any atom is 0.161 e. The van der Waals surface area contributed by atoms with Crippen LogP contribution in [0.3, 0.4) is 0 Å².